The minimum Gasteiger partial charge on any atom is -0.457 e. The molecule has 5 nitrogen and oxygen atoms in total. The van der Waals surface area contributed by atoms with Crippen LogP contribution in [0.4, 0.5) is 0 Å². The van der Waals surface area contributed by atoms with Gasteiger partial charge in [-0.1, -0.05) is 70.2 Å². The monoisotopic (exact) mass is 618 g/mol. The molecule has 236 valence electrons. The first-order valence-corrected chi connectivity index (χ1v) is 16.5. The van der Waals surface area contributed by atoms with Crippen LogP contribution in [0.5, 0.6) is 11.5 Å². The topological polar surface area (TPSA) is 44.9 Å². The van der Waals surface area contributed by atoms with Gasteiger partial charge in [-0.2, -0.15) is 5.10 Å². The molecule has 0 saturated carbocycles. The number of rotatable bonds is 7. The Morgan fingerprint density at radius 3 is 2.15 bits per heavy atom. The van der Waals surface area contributed by atoms with Crippen LogP contribution in [0, 0.1) is 33.6 Å². The van der Waals surface area contributed by atoms with Crippen molar-refractivity contribution in [3.05, 3.63) is 131 Å². The Hall–Kier alpha value is -5.16. The van der Waals surface area contributed by atoms with Gasteiger partial charge < -0.3 is 4.74 Å². The Labute approximate surface area is 277 Å². The molecule has 0 aliphatic rings. The van der Waals surface area contributed by atoms with Crippen LogP contribution in [0.15, 0.2) is 103 Å². The fourth-order valence-corrected chi connectivity index (χ4v) is 6.81. The van der Waals surface area contributed by atoms with Gasteiger partial charge in [0.1, 0.15) is 17.3 Å². The molecule has 7 aromatic rings. The Morgan fingerprint density at radius 1 is 0.681 bits per heavy atom. The van der Waals surface area contributed by atoms with Crippen molar-refractivity contribution < 1.29 is 4.74 Å². The summed E-state index contributed by atoms with van der Waals surface area (Å²) in [5.41, 5.74) is 11.5. The SMILES string of the molecule is Cc1cccc(C)c1-c1c(C)nn(-c2cccc(Oc3ccc4c5ccccc5n(-c5cc(C(C)(C)C(C)C)ccn5)c4c3)c2)c1C. The highest BCUT2D eigenvalue weighted by molar-refractivity contribution is 6.09. The summed E-state index contributed by atoms with van der Waals surface area (Å²) in [5.74, 6) is 2.91. The molecule has 0 saturated heterocycles. The van der Waals surface area contributed by atoms with Gasteiger partial charge in [0.05, 0.1) is 22.4 Å². The fourth-order valence-electron chi connectivity index (χ4n) is 6.81. The van der Waals surface area contributed by atoms with E-state index in [4.69, 9.17) is 14.8 Å². The first-order chi connectivity index (χ1) is 22.5. The van der Waals surface area contributed by atoms with Gasteiger partial charge in [-0.25, -0.2) is 9.67 Å². The van der Waals surface area contributed by atoms with Crippen LogP contribution in [0.25, 0.3) is 44.4 Å². The summed E-state index contributed by atoms with van der Waals surface area (Å²) >= 11 is 0. The van der Waals surface area contributed by atoms with Crippen molar-refractivity contribution in [1.82, 2.24) is 19.3 Å². The number of hydrogen-bond donors (Lipinski definition) is 0. The highest BCUT2D eigenvalue weighted by Crippen LogP contribution is 2.38. The molecule has 3 aromatic heterocycles. The van der Waals surface area contributed by atoms with E-state index in [2.05, 4.69) is 145 Å². The number of benzene rings is 4. The molecule has 0 bridgehead atoms. The summed E-state index contributed by atoms with van der Waals surface area (Å²) in [6, 6.07) is 33.9. The van der Waals surface area contributed by atoms with E-state index in [9.17, 15) is 0 Å². The summed E-state index contributed by atoms with van der Waals surface area (Å²) in [6.45, 7) is 17.7. The van der Waals surface area contributed by atoms with E-state index in [1.165, 1.54) is 38.6 Å². The van der Waals surface area contributed by atoms with Gasteiger partial charge in [-0.05, 0) is 104 Å². The number of nitrogens with zero attached hydrogens (tertiary/aromatic N) is 4. The van der Waals surface area contributed by atoms with E-state index in [-0.39, 0.29) is 5.41 Å². The molecule has 3 heterocycles. The van der Waals surface area contributed by atoms with Gasteiger partial charge in [-0.3, -0.25) is 4.57 Å². The number of pyridine rings is 1. The maximum atomic E-state index is 6.57. The Kier molecular flexibility index (Phi) is 7.51. The van der Waals surface area contributed by atoms with Crippen LogP contribution in [0.2, 0.25) is 0 Å². The van der Waals surface area contributed by atoms with E-state index >= 15 is 0 Å². The molecule has 0 spiro atoms. The minimum absolute atomic E-state index is 0.0146. The van der Waals surface area contributed by atoms with Crippen LogP contribution in [0.1, 0.15) is 55.8 Å². The predicted octanol–water partition coefficient (Wildman–Crippen LogP) is 11.0. The maximum absolute atomic E-state index is 6.57. The fraction of sp³-hybridized carbons (Fsp3) is 0.238. The van der Waals surface area contributed by atoms with Crippen molar-refractivity contribution in [1.29, 1.82) is 0 Å². The van der Waals surface area contributed by atoms with Gasteiger partial charge in [0.25, 0.3) is 0 Å². The molecular weight excluding hydrogens is 576 g/mol. The van der Waals surface area contributed by atoms with Crippen molar-refractivity contribution in [2.75, 3.05) is 0 Å². The zero-order valence-electron chi connectivity index (χ0n) is 28.6. The molecule has 0 fully saturated rings. The summed E-state index contributed by atoms with van der Waals surface area (Å²) in [4.78, 5) is 4.88. The lowest BCUT2D eigenvalue weighted by atomic mass is 9.75. The minimum atomic E-state index is 0.0146. The molecule has 0 amide bonds. The molecule has 0 unspecified atom stereocenters. The lowest BCUT2D eigenvalue weighted by Gasteiger charge is -2.30. The lowest BCUT2D eigenvalue weighted by molar-refractivity contribution is 0.372. The lowest BCUT2D eigenvalue weighted by Crippen LogP contribution is -2.24. The Bertz CT molecular complexity index is 2260. The standard InChI is InChI=1S/C42H42N4O/c1-26(2)42(7,8)31-21-22-43-39(23-31)45-37-18-10-9-17-35(37)36-20-19-34(25-38(36)45)47-33-16-12-15-32(24-33)46-30(6)41(29(5)44-46)40-27(3)13-11-14-28(40)4/h9-26H,1-8H3. The average molecular weight is 619 g/mol. The van der Waals surface area contributed by atoms with Crippen LogP contribution < -0.4 is 4.74 Å². The molecule has 0 N–H and O–H groups in total. The quantitative estimate of drug-likeness (QED) is 0.178. The average Bonchev–Trinajstić information content (AvgIpc) is 3.54. The number of aryl methyl sites for hydroxylation is 3. The molecule has 47 heavy (non-hydrogen) atoms. The molecule has 5 heteroatoms. The van der Waals surface area contributed by atoms with E-state index in [0.717, 1.165) is 45.4 Å². The van der Waals surface area contributed by atoms with Crippen molar-refractivity contribution in [3.63, 3.8) is 0 Å². The molecule has 0 aliphatic heterocycles. The second-order valence-electron chi connectivity index (χ2n) is 13.6. The van der Waals surface area contributed by atoms with Crippen LogP contribution >= 0.6 is 0 Å². The van der Waals surface area contributed by atoms with Crippen molar-refractivity contribution >= 4 is 21.8 Å². The summed E-state index contributed by atoms with van der Waals surface area (Å²) in [7, 11) is 0. The van der Waals surface area contributed by atoms with Crippen molar-refractivity contribution in [2.45, 2.75) is 60.8 Å². The molecule has 7 rings (SSSR count). The van der Waals surface area contributed by atoms with E-state index in [1.807, 2.05) is 23.0 Å². The van der Waals surface area contributed by atoms with E-state index < -0.39 is 0 Å². The van der Waals surface area contributed by atoms with Crippen LogP contribution in [-0.2, 0) is 5.41 Å². The van der Waals surface area contributed by atoms with Gasteiger partial charge >= 0.3 is 0 Å². The van der Waals surface area contributed by atoms with Crippen molar-refractivity contribution in [3.8, 4) is 34.1 Å². The smallest absolute Gasteiger partial charge is 0.137 e. The molecule has 0 atom stereocenters. The normalized spacial score (nSPS) is 12.0. The van der Waals surface area contributed by atoms with Crippen LogP contribution in [-0.4, -0.2) is 19.3 Å². The largest absolute Gasteiger partial charge is 0.457 e. The summed E-state index contributed by atoms with van der Waals surface area (Å²) in [6.07, 6.45) is 1.94. The highest BCUT2D eigenvalue weighted by Gasteiger charge is 2.26. The first-order valence-electron chi connectivity index (χ1n) is 16.5. The zero-order valence-corrected chi connectivity index (χ0v) is 28.6. The molecular formula is C42H42N4O. The first kappa shape index (κ1) is 30.5. The highest BCUT2D eigenvalue weighted by atomic mass is 16.5. The Morgan fingerprint density at radius 2 is 1.38 bits per heavy atom. The van der Waals surface area contributed by atoms with E-state index in [0.29, 0.717) is 5.92 Å². The number of hydrogen-bond acceptors (Lipinski definition) is 3. The van der Waals surface area contributed by atoms with Gasteiger partial charge in [0.2, 0.25) is 0 Å². The van der Waals surface area contributed by atoms with Gasteiger partial charge in [0.15, 0.2) is 0 Å². The third kappa shape index (κ3) is 5.20. The zero-order chi connectivity index (χ0) is 33.0. The summed E-state index contributed by atoms with van der Waals surface area (Å²) in [5, 5.41) is 7.34. The summed E-state index contributed by atoms with van der Waals surface area (Å²) < 4.78 is 10.9. The third-order valence-electron chi connectivity index (χ3n) is 10.1. The second-order valence-corrected chi connectivity index (χ2v) is 13.6. The number of para-hydroxylation sites is 1. The number of ether oxygens (including phenoxy) is 1. The van der Waals surface area contributed by atoms with Crippen molar-refractivity contribution in [2.24, 2.45) is 5.92 Å². The van der Waals surface area contributed by atoms with E-state index in [1.54, 1.807) is 0 Å². The van der Waals surface area contributed by atoms with Crippen LogP contribution in [0.3, 0.4) is 0 Å². The third-order valence-corrected chi connectivity index (χ3v) is 10.1. The molecule has 0 aliphatic carbocycles. The number of aromatic nitrogens is 4. The Balaban J connectivity index is 1.29. The molecule has 0 radical (unpaired) electrons. The van der Waals surface area contributed by atoms with Gasteiger partial charge in [-0.15, -0.1) is 0 Å². The molecule has 4 aromatic carbocycles. The number of fused-ring (bicyclic) bond motifs is 3. The predicted molar refractivity (Wildman–Crippen MR) is 194 cm³/mol. The maximum Gasteiger partial charge on any atom is 0.137 e. The second kappa shape index (κ2) is 11.6. The van der Waals surface area contributed by atoms with Gasteiger partial charge in [0, 0.05) is 40.4 Å².